The Balaban J connectivity index is 2.81. The predicted octanol–water partition coefficient (Wildman–Crippen LogP) is 2.00. The molecular weight excluding hydrogens is 228 g/mol. The van der Waals surface area contributed by atoms with Gasteiger partial charge < -0.3 is 15.8 Å². The first kappa shape index (κ1) is 14.5. The van der Waals surface area contributed by atoms with Crippen LogP contribution in [-0.4, -0.2) is 18.6 Å². The first-order chi connectivity index (χ1) is 8.56. The number of primary amides is 1. The highest BCUT2D eigenvalue weighted by molar-refractivity contribution is 5.78. The largest absolute Gasteiger partial charge is 0.481 e. The minimum atomic E-state index is -0.621. The SMILES string of the molecule is CCCNC(C)c1ccccc1OC(C)C(N)=O. The summed E-state index contributed by atoms with van der Waals surface area (Å²) in [4.78, 5) is 11.0. The van der Waals surface area contributed by atoms with Gasteiger partial charge in [0.15, 0.2) is 6.10 Å². The Hall–Kier alpha value is -1.55. The smallest absolute Gasteiger partial charge is 0.258 e. The number of amides is 1. The molecule has 0 heterocycles. The van der Waals surface area contributed by atoms with Crippen LogP contribution in [0.2, 0.25) is 0 Å². The maximum absolute atomic E-state index is 11.0. The molecule has 0 saturated carbocycles. The number of ether oxygens (including phenoxy) is 1. The fraction of sp³-hybridized carbons (Fsp3) is 0.500. The van der Waals surface area contributed by atoms with E-state index in [0.29, 0.717) is 5.75 Å². The van der Waals surface area contributed by atoms with Crippen molar-refractivity contribution in [2.75, 3.05) is 6.54 Å². The molecule has 1 rings (SSSR count). The van der Waals surface area contributed by atoms with E-state index >= 15 is 0 Å². The highest BCUT2D eigenvalue weighted by atomic mass is 16.5. The minimum absolute atomic E-state index is 0.182. The van der Waals surface area contributed by atoms with Crippen molar-refractivity contribution in [1.82, 2.24) is 5.32 Å². The summed E-state index contributed by atoms with van der Waals surface area (Å²) in [5.74, 6) is 0.249. The average molecular weight is 250 g/mol. The number of benzene rings is 1. The molecule has 3 N–H and O–H groups in total. The van der Waals surface area contributed by atoms with E-state index in [0.717, 1.165) is 18.5 Å². The summed E-state index contributed by atoms with van der Waals surface area (Å²) >= 11 is 0. The normalized spacial score (nSPS) is 13.9. The summed E-state index contributed by atoms with van der Waals surface area (Å²) in [6.07, 6.45) is 0.454. The van der Waals surface area contributed by atoms with E-state index in [2.05, 4.69) is 19.2 Å². The third kappa shape index (κ3) is 4.04. The monoisotopic (exact) mass is 250 g/mol. The molecule has 4 nitrogen and oxygen atoms in total. The second kappa shape index (κ2) is 7.01. The molecule has 0 aromatic heterocycles. The van der Waals surface area contributed by atoms with E-state index in [4.69, 9.17) is 10.5 Å². The standard InChI is InChI=1S/C14H22N2O2/c1-4-9-16-10(2)12-7-5-6-8-13(12)18-11(3)14(15)17/h5-8,10-11,16H,4,9H2,1-3H3,(H2,15,17). The Bertz CT molecular complexity index is 393. The zero-order valence-electron chi connectivity index (χ0n) is 11.3. The topological polar surface area (TPSA) is 64.3 Å². The number of carbonyl (C=O) groups excluding carboxylic acids is 1. The van der Waals surface area contributed by atoms with Crippen LogP contribution in [0.25, 0.3) is 0 Å². The lowest BCUT2D eigenvalue weighted by Crippen LogP contribution is -2.31. The Kier molecular flexibility index (Phi) is 5.65. The van der Waals surface area contributed by atoms with E-state index in [1.165, 1.54) is 0 Å². The van der Waals surface area contributed by atoms with Gasteiger partial charge in [-0.1, -0.05) is 25.1 Å². The lowest BCUT2D eigenvalue weighted by Gasteiger charge is -2.19. The van der Waals surface area contributed by atoms with Crippen molar-refractivity contribution in [3.63, 3.8) is 0 Å². The van der Waals surface area contributed by atoms with Crippen molar-refractivity contribution in [2.24, 2.45) is 5.73 Å². The number of para-hydroxylation sites is 1. The van der Waals surface area contributed by atoms with Crippen LogP contribution in [0.3, 0.4) is 0 Å². The van der Waals surface area contributed by atoms with Crippen LogP contribution in [0.5, 0.6) is 5.75 Å². The molecule has 0 aliphatic heterocycles. The maximum Gasteiger partial charge on any atom is 0.258 e. The van der Waals surface area contributed by atoms with Gasteiger partial charge in [0.2, 0.25) is 0 Å². The van der Waals surface area contributed by atoms with E-state index in [1.54, 1.807) is 6.92 Å². The molecule has 1 aromatic rings. The Labute approximate surface area is 109 Å². The number of rotatable bonds is 7. The van der Waals surface area contributed by atoms with Crippen LogP contribution in [0.15, 0.2) is 24.3 Å². The number of carbonyl (C=O) groups is 1. The molecule has 0 fully saturated rings. The van der Waals surface area contributed by atoms with E-state index in [1.807, 2.05) is 24.3 Å². The van der Waals surface area contributed by atoms with Crippen molar-refractivity contribution < 1.29 is 9.53 Å². The van der Waals surface area contributed by atoms with Crippen LogP contribution in [0, 0.1) is 0 Å². The molecule has 18 heavy (non-hydrogen) atoms. The van der Waals surface area contributed by atoms with Gasteiger partial charge in [0.1, 0.15) is 5.75 Å². The summed E-state index contributed by atoms with van der Waals surface area (Å²) in [7, 11) is 0. The summed E-state index contributed by atoms with van der Waals surface area (Å²) in [6.45, 7) is 6.80. The van der Waals surface area contributed by atoms with Gasteiger partial charge in [-0.15, -0.1) is 0 Å². The fourth-order valence-electron chi connectivity index (χ4n) is 1.66. The van der Waals surface area contributed by atoms with Crippen molar-refractivity contribution in [3.05, 3.63) is 29.8 Å². The number of hydrogen-bond acceptors (Lipinski definition) is 3. The summed E-state index contributed by atoms with van der Waals surface area (Å²) in [5.41, 5.74) is 6.25. The fourth-order valence-corrected chi connectivity index (χ4v) is 1.66. The highest BCUT2D eigenvalue weighted by Gasteiger charge is 2.15. The molecule has 2 atom stereocenters. The third-order valence-corrected chi connectivity index (χ3v) is 2.79. The van der Waals surface area contributed by atoms with Crippen LogP contribution < -0.4 is 15.8 Å². The number of hydrogen-bond donors (Lipinski definition) is 2. The first-order valence-electron chi connectivity index (χ1n) is 6.34. The van der Waals surface area contributed by atoms with Gasteiger partial charge in [-0.2, -0.15) is 0 Å². The van der Waals surface area contributed by atoms with Crippen LogP contribution in [0.4, 0.5) is 0 Å². The van der Waals surface area contributed by atoms with Gasteiger partial charge in [0.05, 0.1) is 0 Å². The van der Waals surface area contributed by atoms with Gasteiger partial charge in [-0.25, -0.2) is 0 Å². The summed E-state index contributed by atoms with van der Waals surface area (Å²) < 4.78 is 5.59. The van der Waals surface area contributed by atoms with E-state index in [-0.39, 0.29) is 6.04 Å². The predicted molar refractivity (Wildman–Crippen MR) is 72.4 cm³/mol. The second-order valence-corrected chi connectivity index (χ2v) is 4.38. The van der Waals surface area contributed by atoms with Crippen molar-refractivity contribution >= 4 is 5.91 Å². The van der Waals surface area contributed by atoms with Crippen LogP contribution in [0.1, 0.15) is 38.8 Å². The van der Waals surface area contributed by atoms with Gasteiger partial charge in [0.25, 0.3) is 5.91 Å². The molecule has 2 unspecified atom stereocenters. The van der Waals surface area contributed by atoms with Crippen LogP contribution >= 0.6 is 0 Å². The summed E-state index contributed by atoms with van der Waals surface area (Å²) in [5, 5.41) is 3.40. The second-order valence-electron chi connectivity index (χ2n) is 4.38. The Morgan fingerprint density at radius 1 is 1.39 bits per heavy atom. The Morgan fingerprint density at radius 2 is 2.06 bits per heavy atom. The first-order valence-corrected chi connectivity index (χ1v) is 6.34. The molecule has 100 valence electrons. The van der Waals surface area contributed by atoms with Gasteiger partial charge >= 0.3 is 0 Å². The number of nitrogens with one attached hydrogen (secondary N) is 1. The lowest BCUT2D eigenvalue weighted by atomic mass is 10.1. The maximum atomic E-state index is 11.0. The van der Waals surface area contributed by atoms with Crippen LogP contribution in [-0.2, 0) is 4.79 Å². The zero-order valence-corrected chi connectivity index (χ0v) is 11.3. The Morgan fingerprint density at radius 3 is 2.67 bits per heavy atom. The van der Waals surface area contributed by atoms with Gasteiger partial charge in [-0.05, 0) is 32.9 Å². The highest BCUT2D eigenvalue weighted by Crippen LogP contribution is 2.25. The molecule has 1 amide bonds. The third-order valence-electron chi connectivity index (χ3n) is 2.79. The molecule has 0 saturated heterocycles. The van der Waals surface area contributed by atoms with Gasteiger partial charge in [0, 0.05) is 11.6 Å². The quantitative estimate of drug-likeness (QED) is 0.778. The molecule has 1 aromatic carbocycles. The van der Waals surface area contributed by atoms with Gasteiger partial charge in [-0.3, -0.25) is 4.79 Å². The molecule has 0 spiro atoms. The van der Waals surface area contributed by atoms with Crippen molar-refractivity contribution in [3.8, 4) is 5.75 Å². The molecular formula is C14H22N2O2. The molecule has 4 heteroatoms. The molecule has 0 radical (unpaired) electrons. The average Bonchev–Trinajstić information content (AvgIpc) is 2.36. The molecule has 0 aliphatic carbocycles. The minimum Gasteiger partial charge on any atom is -0.481 e. The summed E-state index contributed by atoms with van der Waals surface area (Å²) in [6, 6.07) is 7.89. The van der Waals surface area contributed by atoms with E-state index in [9.17, 15) is 4.79 Å². The van der Waals surface area contributed by atoms with E-state index < -0.39 is 12.0 Å². The van der Waals surface area contributed by atoms with Crippen molar-refractivity contribution in [2.45, 2.75) is 39.3 Å². The zero-order chi connectivity index (χ0) is 13.5. The lowest BCUT2D eigenvalue weighted by molar-refractivity contribution is -0.124. The van der Waals surface area contributed by atoms with Crippen molar-refractivity contribution in [1.29, 1.82) is 0 Å². The molecule has 0 bridgehead atoms. The molecule has 0 aliphatic rings. The number of nitrogens with two attached hydrogens (primary N) is 1.